The first-order valence-corrected chi connectivity index (χ1v) is 12.3. The van der Waals surface area contributed by atoms with Crippen molar-refractivity contribution in [2.45, 2.75) is 19.0 Å². The van der Waals surface area contributed by atoms with Crippen LogP contribution in [0.15, 0.2) is 47.0 Å². The molecule has 0 bridgehead atoms. The minimum atomic E-state index is -2.90. The van der Waals surface area contributed by atoms with Gasteiger partial charge in [-0.25, -0.2) is 9.69 Å². The Hall–Kier alpha value is -3.73. The Balaban J connectivity index is 1.50. The molecule has 1 aromatic carbocycles. The van der Waals surface area contributed by atoms with Gasteiger partial charge >= 0.3 is 14.3 Å². The molecule has 1 saturated heterocycles. The minimum Gasteiger partial charge on any atom is -0.497 e. The summed E-state index contributed by atoms with van der Waals surface area (Å²) in [6.45, 7) is 1.20. The molecule has 5 rings (SSSR count). The van der Waals surface area contributed by atoms with Gasteiger partial charge in [-0.3, -0.25) is 23.7 Å². The number of ether oxygens (including phenoxy) is 1. The van der Waals surface area contributed by atoms with E-state index in [2.05, 4.69) is 10.3 Å². The second-order valence-electron chi connectivity index (χ2n) is 8.21. The Bertz CT molecular complexity index is 1360. The Labute approximate surface area is 206 Å². The van der Waals surface area contributed by atoms with Crippen LogP contribution in [0.5, 0.6) is 5.75 Å². The summed E-state index contributed by atoms with van der Waals surface area (Å²) in [7, 11) is -1.39. The van der Waals surface area contributed by atoms with Gasteiger partial charge in [0, 0.05) is 24.4 Å². The van der Waals surface area contributed by atoms with E-state index in [1.165, 1.54) is 12.0 Å². The smallest absolute Gasteiger partial charge is 0.327 e. The fourth-order valence-electron chi connectivity index (χ4n) is 4.33. The summed E-state index contributed by atoms with van der Waals surface area (Å²) in [6.07, 6.45) is 1.57. The molecule has 0 saturated carbocycles. The van der Waals surface area contributed by atoms with Crippen molar-refractivity contribution in [1.29, 1.82) is 0 Å². The number of fused-ring (bicyclic) bond motifs is 2. The average Bonchev–Trinajstić information content (AvgIpc) is 3.51. The molecule has 36 heavy (non-hydrogen) atoms. The van der Waals surface area contributed by atoms with E-state index in [1.54, 1.807) is 49.5 Å². The fourth-order valence-corrected chi connectivity index (χ4v) is 4.89. The predicted molar refractivity (Wildman–Crippen MR) is 125 cm³/mol. The second-order valence-corrected chi connectivity index (χ2v) is 9.28. The SMILES string of the molecule is CCO[PH](=O)OCN1C(=O)N[C@@](CN2Cc3ccc(OC)cc3C2=O)(c2cc3ncccc3o2)C1=O. The molecule has 0 radical (unpaired) electrons. The van der Waals surface area contributed by atoms with Crippen molar-refractivity contribution in [3.63, 3.8) is 0 Å². The number of rotatable bonds is 9. The van der Waals surface area contributed by atoms with Gasteiger partial charge in [0.05, 0.1) is 20.3 Å². The topological polar surface area (TPSA) is 141 Å². The maximum atomic E-state index is 13.7. The Morgan fingerprint density at radius 2 is 2.03 bits per heavy atom. The zero-order valence-corrected chi connectivity index (χ0v) is 20.5. The third-order valence-electron chi connectivity index (χ3n) is 6.08. The van der Waals surface area contributed by atoms with Gasteiger partial charge in [0.25, 0.3) is 11.8 Å². The van der Waals surface area contributed by atoms with E-state index in [9.17, 15) is 18.9 Å². The largest absolute Gasteiger partial charge is 0.497 e. The second kappa shape index (κ2) is 9.38. The molecule has 12 nitrogen and oxygen atoms in total. The maximum absolute atomic E-state index is 13.7. The van der Waals surface area contributed by atoms with Gasteiger partial charge in [-0.2, -0.15) is 0 Å². The fraction of sp³-hybridized carbons (Fsp3) is 0.304. The molecule has 188 valence electrons. The first-order chi connectivity index (χ1) is 17.4. The van der Waals surface area contributed by atoms with E-state index in [1.807, 2.05) is 0 Å². The van der Waals surface area contributed by atoms with Crippen LogP contribution in [0.2, 0.25) is 0 Å². The van der Waals surface area contributed by atoms with Gasteiger partial charge in [-0.15, -0.1) is 0 Å². The number of amides is 4. The van der Waals surface area contributed by atoms with Crippen LogP contribution in [-0.4, -0.2) is 59.6 Å². The highest BCUT2D eigenvalue weighted by atomic mass is 31.1. The average molecular weight is 514 g/mol. The summed E-state index contributed by atoms with van der Waals surface area (Å²) in [4.78, 5) is 46.4. The van der Waals surface area contributed by atoms with E-state index in [0.29, 0.717) is 22.4 Å². The van der Waals surface area contributed by atoms with Crippen molar-refractivity contribution in [2.24, 2.45) is 0 Å². The molecule has 0 aliphatic carbocycles. The molecule has 1 unspecified atom stereocenters. The number of furan rings is 1. The summed E-state index contributed by atoms with van der Waals surface area (Å²) < 4.78 is 33.0. The minimum absolute atomic E-state index is 0.107. The number of pyridine rings is 1. The van der Waals surface area contributed by atoms with Crippen LogP contribution in [-0.2, 0) is 30.5 Å². The Morgan fingerprint density at radius 3 is 2.78 bits per heavy atom. The van der Waals surface area contributed by atoms with Gasteiger partial charge in [0.15, 0.2) is 11.1 Å². The number of aromatic nitrogens is 1. The van der Waals surface area contributed by atoms with Gasteiger partial charge in [0.1, 0.15) is 23.8 Å². The van der Waals surface area contributed by atoms with Crippen molar-refractivity contribution >= 4 is 37.2 Å². The predicted octanol–water partition coefficient (Wildman–Crippen LogP) is 2.64. The van der Waals surface area contributed by atoms with Gasteiger partial charge < -0.3 is 23.9 Å². The van der Waals surface area contributed by atoms with Crippen LogP contribution in [0.3, 0.4) is 0 Å². The molecule has 4 amide bonds. The maximum Gasteiger partial charge on any atom is 0.327 e. The van der Waals surface area contributed by atoms with Crippen LogP contribution in [0, 0.1) is 0 Å². The standard InChI is InChI=1S/C23H23N4O8P/c1-3-33-36(31)34-13-27-21(29)23(25-22(27)30,19-10-17-18(35-19)5-4-8-24-17)12-26-11-14-6-7-15(32-2)9-16(14)20(26)28/h4-10,36H,3,11-13H2,1-2H3,(H,25,30)/t23-/m0/s1. The molecule has 2 aromatic heterocycles. The monoisotopic (exact) mass is 514 g/mol. The van der Waals surface area contributed by atoms with E-state index in [4.69, 9.17) is 18.2 Å². The molecule has 2 aliphatic rings. The first-order valence-electron chi connectivity index (χ1n) is 11.1. The third-order valence-corrected chi connectivity index (χ3v) is 6.97. The Morgan fingerprint density at radius 1 is 1.19 bits per heavy atom. The number of carbonyl (C=O) groups is 3. The summed E-state index contributed by atoms with van der Waals surface area (Å²) >= 11 is 0. The van der Waals surface area contributed by atoms with Crippen molar-refractivity contribution in [3.05, 3.63) is 59.5 Å². The zero-order valence-electron chi connectivity index (χ0n) is 19.5. The molecule has 13 heteroatoms. The number of benzene rings is 1. The van der Waals surface area contributed by atoms with Crippen LogP contribution >= 0.6 is 8.25 Å². The molecule has 2 aliphatic heterocycles. The van der Waals surface area contributed by atoms with Crippen molar-refractivity contribution in [3.8, 4) is 5.75 Å². The van der Waals surface area contributed by atoms with Crippen LogP contribution < -0.4 is 10.1 Å². The first kappa shape index (κ1) is 24.0. The van der Waals surface area contributed by atoms with Gasteiger partial charge in [-0.1, -0.05) is 6.07 Å². The van der Waals surface area contributed by atoms with Gasteiger partial charge in [-0.05, 0) is 36.8 Å². The van der Waals surface area contributed by atoms with Crippen molar-refractivity contribution in [2.75, 3.05) is 27.0 Å². The van der Waals surface area contributed by atoms with Crippen LogP contribution in [0.25, 0.3) is 11.1 Å². The summed E-state index contributed by atoms with van der Waals surface area (Å²) in [5, 5.41) is 2.68. The van der Waals surface area contributed by atoms with Crippen LogP contribution in [0.4, 0.5) is 4.79 Å². The Kier molecular flexibility index (Phi) is 6.25. The number of carbonyl (C=O) groups excluding carboxylic acids is 3. The number of urea groups is 1. The lowest BCUT2D eigenvalue weighted by molar-refractivity contribution is -0.134. The van der Waals surface area contributed by atoms with Crippen molar-refractivity contribution < 1.29 is 37.2 Å². The molecule has 2 atom stereocenters. The number of nitrogens with zero attached hydrogens (tertiary/aromatic N) is 3. The molecule has 0 spiro atoms. The number of methoxy groups -OCH3 is 1. The highest BCUT2D eigenvalue weighted by molar-refractivity contribution is 7.33. The molecule has 1 N–H and O–H groups in total. The van der Waals surface area contributed by atoms with Gasteiger partial charge in [0.2, 0.25) is 0 Å². The lowest BCUT2D eigenvalue weighted by Gasteiger charge is -2.29. The zero-order chi connectivity index (χ0) is 25.4. The normalized spacial score (nSPS) is 20.2. The number of hydrogen-bond acceptors (Lipinski definition) is 9. The molecular formula is C23H23N4O8P. The van der Waals surface area contributed by atoms with E-state index in [0.717, 1.165) is 10.5 Å². The van der Waals surface area contributed by atoms with Crippen LogP contribution in [0.1, 0.15) is 28.6 Å². The molecule has 3 aromatic rings. The summed E-state index contributed by atoms with van der Waals surface area (Å²) in [6, 6.07) is 9.29. The number of nitrogens with one attached hydrogen (secondary N) is 1. The molecule has 1 fully saturated rings. The highest BCUT2D eigenvalue weighted by Gasteiger charge is 2.57. The molecule has 4 heterocycles. The lowest BCUT2D eigenvalue weighted by atomic mass is 9.95. The number of imide groups is 1. The third kappa shape index (κ3) is 4.02. The van der Waals surface area contributed by atoms with E-state index >= 15 is 0 Å². The quantitative estimate of drug-likeness (QED) is 0.337. The lowest BCUT2D eigenvalue weighted by Crippen LogP contribution is -2.52. The van der Waals surface area contributed by atoms with E-state index in [-0.39, 0.29) is 31.4 Å². The summed E-state index contributed by atoms with van der Waals surface area (Å²) in [5.74, 6) is -0.411. The van der Waals surface area contributed by atoms with Crippen molar-refractivity contribution in [1.82, 2.24) is 20.1 Å². The van der Waals surface area contributed by atoms with E-state index < -0.39 is 32.5 Å². The number of hydrogen-bond donors (Lipinski definition) is 1. The summed E-state index contributed by atoms with van der Waals surface area (Å²) in [5.41, 5.74) is 0.332. The highest BCUT2D eigenvalue weighted by Crippen LogP contribution is 2.37. The molecular weight excluding hydrogens is 491 g/mol.